The lowest BCUT2D eigenvalue weighted by Gasteiger charge is -2.00. The fourth-order valence-corrected chi connectivity index (χ4v) is 1.49. The zero-order valence-electron chi connectivity index (χ0n) is 8.61. The minimum atomic E-state index is -0.600. The van der Waals surface area contributed by atoms with Crippen LogP contribution in [-0.2, 0) is 6.54 Å². The van der Waals surface area contributed by atoms with E-state index in [1.165, 1.54) is 17.1 Å². The molecule has 0 aromatic carbocycles. The number of aromatic nitrogens is 4. The molecule has 2 aromatic rings. The van der Waals surface area contributed by atoms with Crippen LogP contribution in [-0.4, -0.2) is 20.0 Å². The number of aryl methyl sites for hydroxylation is 1. The van der Waals surface area contributed by atoms with Gasteiger partial charge in [0.1, 0.15) is 5.69 Å². The number of rotatable bonds is 2. The Morgan fingerprint density at radius 3 is 2.88 bits per heavy atom. The minimum absolute atomic E-state index is 0.178. The van der Waals surface area contributed by atoms with E-state index in [1.807, 2.05) is 6.92 Å². The molecule has 0 aliphatic rings. The first-order valence-electron chi connectivity index (χ1n) is 4.71. The first-order chi connectivity index (χ1) is 7.63. The van der Waals surface area contributed by atoms with Crippen LogP contribution < -0.4 is 0 Å². The molecule has 0 N–H and O–H groups in total. The highest BCUT2D eigenvalue weighted by Gasteiger charge is 2.15. The standard InChI is InChI=1S/C10H9ClFN4/c1-3-16-14-6(2)9(15-16)7-4-5-13-10(11)8(7)12/h4-5H,2-3H2,1H3. The van der Waals surface area contributed by atoms with Crippen LogP contribution in [0.25, 0.3) is 11.3 Å². The summed E-state index contributed by atoms with van der Waals surface area (Å²) in [6, 6.07) is 1.50. The summed E-state index contributed by atoms with van der Waals surface area (Å²) < 4.78 is 13.7. The molecule has 0 atom stereocenters. The topological polar surface area (TPSA) is 43.6 Å². The van der Waals surface area contributed by atoms with Gasteiger partial charge in [-0.25, -0.2) is 9.37 Å². The Morgan fingerprint density at radius 1 is 1.50 bits per heavy atom. The summed E-state index contributed by atoms with van der Waals surface area (Å²) in [5.74, 6) is -0.600. The van der Waals surface area contributed by atoms with Gasteiger partial charge in [0.05, 0.1) is 12.2 Å². The molecular weight excluding hydrogens is 231 g/mol. The predicted molar refractivity (Wildman–Crippen MR) is 58.4 cm³/mol. The maximum Gasteiger partial charge on any atom is 0.169 e. The normalized spacial score (nSPS) is 10.8. The van der Waals surface area contributed by atoms with Gasteiger partial charge in [0.15, 0.2) is 11.0 Å². The molecule has 2 rings (SSSR count). The molecule has 0 bridgehead atoms. The monoisotopic (exact) mass is 239 g/mol. The van der Waals surface area contributed by atoms with E-state index in [4.69, 9.17) is 11.6 Å². The van der Waals surface area contributed by atoms with E-state index in [0.29, 0.717) is 17.9 Å². The summed E-state index contributed by atoms with van der Waals surface area (Å²) in [4.78, 5) is 5.09. The Morgan fingerprint density at radius 2 is 2.25 bits per heavy atom. The molecule has 83 valence electrons. The van der Waals surface area contributed by atoms with Crippen molar-refractivity contribution in [2.45, 2.75) is 13.5 Å². The van der Waals surface area contributed by atoms with Crippen LogP contribution in [0.1, 0.15) is 12.6 Å². The number of hydrogen-bond donors (Lipinski definition) is 0. The summed E-state index contributed by atoms with van der Waals surface area (Å²) in [5, 5.41) is 7.98. The second-order valence-electron chi connectivity index (χ2n) is 3.15. The van der Waals surface area contributed by atoms with Crippen LogP contribution in [0.2, 0.25) is 5.15 Å². The fraction of sp³-hybridized carbons (Fsp3) is 0.200. The summed E-state index contributed by atoms with van der Waals surface area (Å²) in [7, 11) is 0. The summed E-state index contributed by atoms with van der Waals surface area (Å²) in [5.41, 5.74) is 1.08. The molecule has 6 heteroatoms. The zero-order valence-corrected chi connectivity index (χ0v) is 9.37. The largest absolute Gasteiger partial charge is 0.242 e. The van der Waals surface area contributed by atoms with E-state index in [-0.39, 0.29) is 10.7 Å². The van der Waals surface area contributed by atoms with Crippen molar-refractivity contribution >= 4 is 11.6 Å². The Kier molecular flexibility index (Phi) is 2.87. The lowest BCUT2D eigenvalue weighted by atomic mass is 10.1. The molecule has 1 radical (unpaired) electrons. The SMILES string of the molecule is [CH2]c1nn(CC)nc1-c1ccnc(Cl)c1F. The predicted octanol–water partition coefficient (Wildman–Crippen LogP) is 2.33. The van der Waals surface area contributed by atoms with Gasteiger partial charge in [-0.2, -0.15) is 15.0 Å². The first-order valence-corrected chi connectivity index (χ1v) is 5.08. The highest BCUT2D eigenvalue weighted by Crippen LogP contribution is 2.26. The molecule has 0 aliphatic carbocycles. The number of pyridine rings is 1. The first kappa shape index (κ1) is 11.0. The molecule has 0 aliphatic heterocycles. The number of hydrogen-bond acceptors (Lipinski definition) is 3. The van der Waals surface area contributed by atoms with Crippen LogP contribution in [0, 0.1) is 12.7 Å². The third kappa shape index (κ3) is 1.78. The maximum atomic E-state index is 13.7. The van der Waals surface area contributed by atoms with Gasteiger partial charge in [-0.05, 0) is 19.9 Å². The molecular formula is C10H9ClFN4. The highest BCUT2D eigenvalue weighted by molar-refractivity contribution is 6.29. The van der Waals surface area contributed by atoms with Crippen molar-refractivity contribution in [2.24, 2.45) is 0 Å². The van der Waals surface area contributed by atoms with Gasteiger partial charge >= 0.3 is 0 Å². The Balaban J connectivity index is 2.58. The fourth-order valence-electron chi connectivity index (χ4n) is 1.33. The van der Waals surface area contributed by atoms with Gasteiger partial charge in [-0.3, -0.25) is 0 Å². The van der Waals surface area contributed by atoms with Crippen LogP contribution >= 0.6 is 11.6 Å². The van der Waals surface area contributed by atoms with Crippen LogP contribution in [0.15, 0.2) is 12.3 Å². The lowest BCUT2D eigenvalue weighted by Crippen LogP contribution is -1.98. The molecule has 0 amide bonds. The Labute approximate surface area is 97.1 Å². The van der Waals surface area contributed by atoms with E-state index in [1.54, 1.807) is 0 Å². The molecule has 4 nitrogen and oxygen atoms in total. The van der Waals surface area contributed by atoms with Crippen LogP contribution in [0.5, 0.6) is 0 Å². The van der Waals surface area contributed by atoms with E-state index in [9.17, 15) is 4.39 Å². The molecule has 0 spiro atoms. The Hall–Kier alpha value is -1.49. The quantitative estimate of drug-likeness (QED) is 0.756. The third-order valence-electron chi connectivity index (χ3n) is 2.11. The highest BCUT2D eigenvalue weighted by atomic mass is 35.5. The second-order valence-corrected chi connectivity index (χ2v) is 3.51. The average Bonchev–Trinajstić information content (AvgIpc) is 2.64. The van der Waals surface area contributed by atoms with Crippen molar-refractivity contribution in [1.29, 1.82) is 0 Å². The van der Waals surface area contributed by atoms with Gasteiger partial charge in [-0.1, -0.05) is 11.6 Å². The molecule has 0 fully saturated rings. The summed E-state index contributed by atoms with van der Waals surface area (Å²) in [6.45, 7) is 6.20. The summed E-state index contributed by atoms with van der Waals surface area (Å²) >= 11 is 5.60. The van der Waals surface area contributed by atoms with Gasteiger partial charge in [0.25, 0.3) is 0 Å². The molecule has 0 unspecified atom stereocenters. The van der Waals surface area contributed by atoms with E-state index < -0.39 is 5.82 Å². The van der Waals surface area contributed by atoms with E-state index in [0.717, 1.165) is 0 Å². The molecule has 0 saturated carbocycles. The maximum absolute atomic E-state index is 13.7. The second kappa shape index (κ2) is 4.17. The van der Waals surface area contributed by atoms with Crippen molar-refractivity contribution in [1.82, 2.24) is 20.0 Å². The molecule has 2 heterocycles. The third-order valence-corrected chi connectivity index (χ3v) is 2.37. The summed E-state index contributed by atoms with van der Waals surface area (Å²) in [6.07, 6.45) is 1.42. The van der Waals surface area contributed by atoms with Crippen molar-refractivity contribution in [3.05, 3.63) is 35.9 Å². The minimum Gasteiger partial charge on any atom is -0.242 e. The number of nitrogens with zero attached hydrogens (tertiary/aromatic N) is 4. The van der Waals surface area contributed by atoms with Crippen molar-refractivity contribution < 1.29 is 4.39 Å². The van der Waals surface area contributed by atoms with Crippen molar-refractivity contribution in [3.8, 4) is 11.3 Å². The van der Waals surface area contributed by atoms with Crippen molar-refractivity contribution in [3.63, 3.8) is 0 Å². The van der Waals surface area contributed by atoms with Gasteiger partial charge in [0.2, 0.25) is 0 Å². The van der Waals surface area contributed by atoms with Crippen LogP contribution in [0.4, 0.5) is 4.39 Å². The lowest BCUT2D eigenvalue weighted by molar-refractivity contribution is 0.568. The molecule has 2 aromatic heterocycles. The van der Waals surface area contributed by atoms with Crippen molar-refractivity contribution in [2.75, 3.05) is 0 Å². The van der Waals surface area contributed by atoms with Gasteiger partial charge < -0.3 is 0 Å². The average molecular weight is 240 g/mol. The van der Waals surface area contributed by atoms with Crippen LogP contribution in [0.3, 0.4) is 0 Å². The molecule has 0 saturated heterocycles. The van der Waals surface area contributed by atoms with Gasteiger partial charge in [-0.15, -0.1) is 0 Å². The number of halogens is 2. The smallest absolute Gasteiger partial charge is 0.169 e. The molecule has 16 heavy (non-hydrogen) atoms. The van der Waals surface area contributed by atoms with E-state index >= 15 is 0 Å². The zero-order chi connectivity index (χ0) is 11.7. The Bertz CT molecular complexity index is 524. The van der Waals surface area contributed by atoms with E-state index in [2.05, 4.69) is 22.1 Å². The van der Waals surface area contributed by atoms with Gasteiger partial charge in [0, 0.05) is 11.8 Å².